The molecular formula is C19H21N5. The number of pyridine rings is 1. The minimum atomic E-state index is 0.564. The first kappa shape index (κ1) is 14.9. The van der Waals surface area contributed by atoms with Crippen LogP contribution in [0.15, 0.2) is 54.6 Å². The van der Waals surface area contributed by atoms with Crippen LogP contribution in [0.1, 0.15) is 6.92 Å². The van der Waals surface area contributed by atoms with Crippen molar-refractivity contribution in [1.29, 1.82) is 0 Å². The maximum Gasteiger partial charge on any atom is 0.130 e. The Morgan fingerprint density at radius 2 is 2.08 bits per heavy atom. The van der Waals surface area contributed by atoms with Crippen molar-refractivity contribution < 1.29 is 0 Å². The molecule has 0 amide bonds. The van der Waals surface area contributed by atoms with Gasteiger partial charge in [-0.05, 0) is 30.0 Å². The van der Waals surface area contributed by atoms with Crippen molar-refractivity contribution in [1.82, 2.24) is 20.1 Å². The van der Waals surface area contributed by atoms with Crippen LogP contribution in [-0.4, -0.2) is 27.9 Å². The summed E-state index contributed by atoms with van der Waals surface area (Å²) in [4.78, 5) is 4.55. The number of aryl methyl sites for hydroxylation is 1. The summed E-state index contributed by atoms with van der Waals surface area (Å²) in [5.74, 6) is 1.46. The third kappa shape index (κ3) is 2.78. The van der Waals surface area contributed by atoms with Crippen molar-refractivity contribution in [3.63, 3.8) is 0 Å². The Morgan fingerprint density at radius 1 is 1.21 bits per heavy atom. The lowest BCUT2D eigenvalue weighted by molar-refractivity contribution is 0.400. The van der Waals surface area contributed by atoms with Crippen molar-refractivity contribution in [3.8, 4) is 11.1 Å². The first-order valence-electron chi connectivity index (χ1n) is 8.26. The molecule has 4 rings (SSSR count). The predicted octanol–water partition coefficient (Wildman–Crippen LogP) is 3.17. The second kappa shape index (κ2) is 6.09. The summed E-state index contributed by atoms with van der Waals surface area (Å²) >= 11 is 0. The maximum absolute atomic E-state index is 4.55. The zero-order chi connectivity index (χ0) is 16.5. The zero-order valence-corrected chi connectivity index (χ0v) is 14.0. The molecule has 1 saturated heterocycles. The van der Waals surface area contributed by atoms with Crippen LogP contribution in [0.25, 0.3) is 21.9 Å². The Bertz CT molecular complexity index is 905. The average molecular weight is 319 g/mol. The first-order chi connectivity index (χ1) is 11.7. The van der Waals surface area contributed by atoms with Crippen LogP contribution < -0.4 is 10.6 Å². The highest BCUT2D eigenvalue weighted by atomic mass is 15.2. The quantitative estimate of drug-likeness (QED) is 0.775. The topological polar surface area (TPSA) is 54.8 Å². The molecule has 3 heterocycles. The summed E-state index contributed by atoms with van der Waals surface area (Å²) in [5.41, 5.74) is 3.53. The second-order valence-corrected chi connectivity index (χ2v) is 6.26. The Labute approximate surface area is 141 Å². The van der Waals surface area contributed by atoms with E-state index in [0.29, 0.717) is 5.92 Å². The molecule has 24 heavy (non-hydrogen) atoms. The van der Waals surface area contributed by atoms with E-state index < -0.39 is 0 Å². The lowest BCUT2D eigenvalue weighted by Crippen LogP contribution is -2.44. The summed E-state index contributed by atoms with van der Waals surface area (Å²) in [6.45, 7) is 4.14. The number of anilines is 1. The SMILES string of the molecule is C/C=C(/Nc1cc2cc(-c3cnn(C)c3)ccc2cn1)C1CNC1. The fraction of sp³-hybridized carbons (Fsp3) is 0.263. The number of hydrogen-bond acceptors (Lipinski definition) is 4. The van der Waals surface area contributed by atoms with Crippen molar-refractivity contribution in [2.75, 3.05) is 18.4 Å². The summed E-state index contributed by atoms with van der Waals surface area (Å²) in [5, 5.41) is 13.4. The van der Waals surface area contributed by atoms with Gasteiger partial charge in [0.05, 0.1) is 6.20 Å². The first-order valence-corrected chi connectivity index (χ1v) is 8.26. The standard InChI is InChI=1S/C19H21N5/c1-3-18(16-8-20-9-16)23-19-7-15-6-13(4-5-14(15)10-21-19)17-11-22-24(2)12-17/h3-7,10-12,16,20H,8-9H2,1-2H3,(H,21,23)/b18-3+. The van der Waals surface area contributed by atoms with E-state index >= 15 is 0 Å². The van der Waals surface area contributed by atoms with Crippen LogP contribution in [0.3, 0.4) is 0 Å². The molecule has 0 atom stereocenters. The lowest BCUT2D eigenvalue weighted by Gasteiger charge is -2.30. The van der Waals surface area contributed by atoms with Gasteiger partial charge in [-0.3, -0.25) is 4.68 Å². The number of aromatic nitrogens is 3. The van der Waals surface area contributed by atoms with Gasteiger partial charge >= 0.3 is 0 Å². The highest BCUT2D eigenvalue weighted by molar-refractivity contribution is 5.88. The third-order valence-electron chi connectivity index (χ3n) is 4.56. The van der Waals surface area contributed by atoms with Gasteiger partial charge in [-0.25, -0.2) is 4.98 Å². The molecule has 1 aliphatic rings. The fourth-order valence-electron chi connectivity index (χ4n) is 3.03. The monoisotopic (exact) mass is 319 g/mol. The van der Waals surface area contributed by atoms with Crippen LogP contribution in [0.5, 0.6) is 0 Å². The van der Waals surface area contributed by atoms with Gasteiger partial charge in [0.2, 0.25) is 0 Å². The molecule has 122 valence electrons. The number of benzene rings is 1. The van der Waals surface area contributed by atoms with Gasteiger partial charge in [-0.1, -0.05) is 18.2 Å². The highest BCUT2D eigenvalue weighted by Gasteiger charge is 2.21. The van der Waals surface area contributed by atoms with Crippen LogP contribution in [-0.2, 0) is 7.05 Å². The Hall–Kier alpha value is -2.66. The van der Waals surface area contributed by atoms with Crippen LogP contribution >= 0.6 is 0 Å². The van der Waals surface area contributed by atoms with Crippen LogP contribution in [0.4, 0.5) is 5.82 Å². The Balaban J connectivity index is 1.65. The van der Waals surface area contributed by atoms with Crippen LogP contribution in [0, 0.1) is 5.92 Å². The maximum atomic E-state index is 4.55. The molecule has 0 unspecified atom stereocenters. The van der Waals surface area contributed by atoms with Gasteiger partial charge in [0.25, 0.3) is 0 Å². The van der Waals surface area contributed by atoms with E-state index in [9.17, 15) is 0 Å². The third-order valence-corrected chi connectivity index (χ3v) is 4.56. The number of allylic oxidation sites excluding steroid dienone is 1. The smallest absolute Gasteiger partial charge is 0.130 e. The molecule has 5 heteroatoms. The molecule has 1 fully saturated rings. The molecule has 2 aromatic heterocycles. The summed E-state index contributed by atoms with van der Waals surface area (Å²) < 4.78 is 1.82. The van der Waals surface area contributed by atoms with Crippen molar-refractivity contribution in [2.24, 2.45) is 13.0 Å². The van der Waals surface area contributed by atoms with Gasteiger partial charge in [0.1, 0.15) is 5.82 Å². The van der Waals surface area contributed by atoms with Gasteiger partial charge in [0.15, 0.2) is 0 Å². The van der Waals surface area contributed by atoms with E-state index in [1.165, 1.54) is 16.6 Å². The van der Waals surface area contributed by atoms with Gasteiger partial charge in [0, 0.05) is 55.1 Å². The van der Waals surface area contributed by atoms with E-state index in [1.54, 1.807) is 0 Å². The molecule has 0 radical (unpaired) electrons. The minimum absolute atomic E-state index is 0.564. The van der Waals surface area contributed by atoms with Crippen molar-refractivity contribution >= 4 is 16.6 Å². The summed E-state index contributed by atoms with van der Waals surface area (Å²) in [7, 11) is 1.93. The molecule has 0 aliphatic carbocycles. The molecule has 1 aliphatic heterocycles. The second-order valence-electron chi connectivity index (χ2n) is 6.26. The van der Waals surface area contributed by atoms with E-state index in [-0.39, 0.29) is 0 Å². The van der Waals surface area contributed by atoms with Crippen molar-refractivity contribution in [2.45, 2.75) is 6.92 Å². The number of hydrogen-bond donors (Lipinski definition) is 2. The highest BCUT2D eigenvalue weighted by Crippen LogP contribution is 2.26. The lowest BCUT2D eigenvalue weighted by atomic mass is 9.99. The molecule has 5 nitrogen and oxygen atoms in total. The zero-order valence-electron chi connectivity index (χ0n) is 14.0. The summed E-state index contributed by atoms with van der Waals surface area (Å²) in [6.07, 6.45) is 7.99. The van der Waals surface area contributed by atoms with E-state index in [2.05, 4.69) is 58.0 Å². The molecule has 2 N–H and O–H groups in total. The van der Waals surface area contributed by atoms with Crippen molar-refractivity contribution in [3.05, 3.63) is 54.6 Å². The van der Waals surface area contributed by atoms with Gasteiger partial charge < -0.3 is 10.6 Å². The molecule has 0 saturated carbocycles. The predicted molar refractivity (Wildman–Crippen MR) is 97.7 cm³/mol. The Morgan fingerprint density at radius 3 is 2.75 bits per heavy atom. The number of fused-ring (bicyclic) bond motifs is 1. The van der Waals surface area contributed by atoms with Gasteiger partial charge in [-0.2, -0.15) is 5.10 Å². The van der Waals surface area contributed by atoms with E-state index in [0.717, 1.165) is 29.9 Å². The average Bonchev–Trinajstić information content (AvgIpc) is 2.98. The van der Waals surface area contributed by atoms with Gasteiger partial charge in [-0.15, -0.1) is 0 Å². The molecule has 0 bridgehead atoms. The number of rotatable bonds is 4. The molecule has 3 aromatic rings. The Kier molecular flexibility index (Phi) is 3.78. The normalized spacial score (nSPS) is 15.5. The molecule has 0 spiro atoms. The number of nitrogens with one attached hydrogen (secondary N) is 2. The van der Waals surface area contributed by atoms with Crippen LogP contribution in [0.2, 0.25) is 0 Å². The molecular weight excluding hydrogens is 298 g/mol. The minimum Gasteiger partial charge on any atom is -0.344 e. The molecule has 1 aromatic carbocycles. The van der Waals surface area contributed by atoms with E-state index in [4.69, 9.17) is 0 Å². The fourth-order valence-corrected chi connectivity index (χ4v) is 3.03. The largest absolute Gasteiger partial charge is 0.344 e. The van der Waals surface area contributed by atoms with E-state index in [1.807, 2.05) is 30.3 Å². The summed E-state index contributed by atoms with van der Waals surface area (Å²) in [6, 6.07) is 8.54. The number of nitrogens with zero attached hydrogens (tertiary/aromatic N) is 3.